The van der Waals surface area contributed by atoms with Crippen LogP contribution in [-0.2, 0) is 4.74 Å². The third-order valence-electron chi connectivity index (χ3n) is 6.07. The van der Waals surface area contributed by atoms with E-state index in [-0.39, 0.29) is 23.5 Å². The maximum atomic E-state index is 12.1. The Morgan fingerprint density at radius 3 is 2.82 bits per heavy atom. The third-order valence-corrected chi connectivity index (χ3v) is 6.07. The number of ether oxygens (including phenoxy) is 1. The Labute approximate surface area is 133 Å². The average Bonchev–Trinajstić information content (AvgIpc) is 2.85. The highest BCUT2D eigenvalue weighted by atomic mass is 16.5. The summed E-state index contributed by atoms with van der Waals surface area (Å²) in [6, 6.07) is 0.270. The summed E-state index contributed by atoms with van der Waals surface area (Å²) < 4.78 is 5.87. The number of aliphatic hydroxyl groups excluding tert-OH is 1. The molecule has 1 spiro atoms. The van der Waals surface area contributed by atoms with Crippen molar-refractivity contribution in [1.82, 2.24) is 10.6 Å². The summed E-state index contributed by atoms with van der Waals surface area (Å²) in [6.07, 6.45) is 6.96. The minimum Gasteiger partial charge on any atom is -0.396 e. The number of rotatable bonds is 6. The van der Waals surface area contributed by atoms with Crippen molar-refractivity contribution in [2.24, 2.45) is 16.7 Å². The van der Waals surface area contributed by atoms with E-state index in [0.29, 0.717) is 24.6 Å². The molecule has 3 N–H and O–H groups in total. The zero-order valence-electron chi connectivity index (χ0n) is 13.9. The molecule has 3 rings (SSSR count). The fourth-order valence-corrected chi connectivity index (χ4v) is 4.50. The summed E-state index contributed by atoms with van der Waals surface area (Å²) in [5, 5.41) is 15.4. The van der Waals surface area contributed by atoms with Gasteiger partial charge in [-0.1, -0.05) is 20.3 Å². The molecule has 3 atom stereocenters. The molecule has 22 heavy (non-hydrogen) atoms. The largest absolute Gasteiger partial charge is 0.396 e. The monoisotopic (exact) mass is 310 g/mol. The van der Waals surface area contributed by atoms with E-state index >= 15 is 0 Å². The quantitative estimate of drug-likeness (QED) is 0.658. The van der Waals surface area contributed by atoms with Crippen molar-refractivity contribution >= 4 is 6.03 Å². The first-order valence-corrected chi connectivity index (χ1v) is 8.75. The average molecular weight is 310 g/mol. The first kappa shape index (κ1) is 16.1. The van der Waals surface area contributed by atoms with Crippen molar-refractivity contribution in [3.8, 4) is 0 Å². The van der Waals surface area contributed by atoms with E-state index in [1.807, 2.05) is 13.8 Å². The lowest BCUT2D eigenvalue weighted by molar-refractivity contribution is -0.172. The fraction of sp³-hybridized carbons (Fsp3) is 0.941. The summed E-state index contributed by atoms with van der Waals surface area (Å²) in [7, 11) is 0. The van der Waals surface area contributed by atoms with Crippen LogP contribution in [0.1, 0.15) is 52.4 Å². The molecule has 0 bridgehead atoms. The Morgan fingerprint density at radius 1 is 1.41 bits per heavy atom. The van der Waals surface area contributed by atoms with Gasteiger partial charge in [0, 0.05) is 37.1 Å². The van der Waals surface area contributed by atoms with Crippen molar-refractivity contribution in [2.45, 2.75) is 64.5 Å². The lowest BCUT2D eigenvalue weighted by Crippen LogP contribution is -2.72. The highest BCUT2D eigenvalue weighted by molar-refractivity contribution is 5.74. The Balaban J connectivity index is 1.41. The van der Waals surface area contributed by atoms with E-state index in [1.54, 1.807) is 0 Å². The van der Waals surface area contributed by atoms with Crippen LogP contribution in [0.15, 0.2) is 0 Å². The molecule has 3 unspecified atom stereocenters. The Hall–Kier alpha value is -0.810. The molecule has 0 aromatic carbocycles. The molecular formula is C17H30N2O3. The minimum absolute atomic E-state index is 0.0385. The van der Waals surface area contributed by atoms with Crippen LogP contribution in [0.2, 0.25) is 0 Å². The maximum absolute atomic E-state index is 12.1. The van der Waals surface area contributed by atoms with Crippen LogP contribution in [0.5, 0.6) is 0 Å². The highest BCUT2D eigenvalue weighted by Gasteiger charge is 2.66. The Bertz CT molecular complexity index is 420. The molecule has 0 radical (unpaired) electrons. The number of carbonyl (C=O) groups is 1. The summed E-state index contributed by atoms with van der Waals surface area (Å²) in [4.78, 5) is 12.1. The van der Waals surface area contributed by atoms with Gasteiger partial charge in [0.05, 0.1) is 6.10 Å². The van der Waals surface area contributed by atoms with E-state index in [2.05, 4.69) is 10.6 Å². The van der Waals surface area contributed by atoms with Crippen molar-refractivity contribution in [2.75, 3.05) is 19.8 Å². The van der Waals surface area contributed by atoms with Crippen LogP contribution in [0.4, 0.5) is 4.79 Å². The van der Waals surface area contributed by atoms with Crippen LogP contribution in [0.25, 0.3) is 0 Å². The SMILES string of the molecule is CC(C)(CO)CCCNC(=O)NC1C2CCOC2C12CCC2. The van der Waals surface area contributed by atoms with Crippen molar-refractivity contribution in [3.63, 3.8) is 0 Å². The number of hydrogen-bond donors (Lipinski definition) is 3. The number of hydrogen-bond acceptors (Lipinski definition) is 3. The van der Waals surface area contributed by atoms with Gasteiger partial charge in [0.25, 0.3) is 0 Å². The van der Waals surface area contributed by atoms with Crippen LogP contribution < -0.4 is 10.6 Å². The van der Waals surface area contributed by atoms with E-state index in [9.17, 15) is 9.90 Å². The molecule has 2 amide bonds. The van der Waals surface area contributed by atoms with E-state index in [1.165, 1.54) is 19.3 Å². The zero-order valence-corrected chi connectivity index (χ0v) is 13.9. The van der Waals surface area contributed by atoms with Crippen molar-refractivity contribution < 1.29 is 14.6 Å². The minimum atomic E-state index is -0.0590. The second-order valence-corrected chi connectivity index (χ2v) is 8.13. The van der Waals surface area contributed by atoms with Crippen LogP contribution >= 0.6 is 0 Å². The molecule has 1 saturated heterocycles. The summed E-state index contributed by atoms with van der Waals surface area (Å²) in [6.45, 7) is 5.80. The molecule has 0 aromatic heterocycles. The van der Waals surface area contributed by atoms with E-state index < -0.39 is 0 Å². The molecule has 5 nitrogen and oxygen atoms in total. The van der Waals surface area contributed by atoms with E-state index in [0.717, 1.165) is 25.9 Å². The van der Waals surface area contributed by atoms with Gasteiger partial charge >= 0.3 is 6.03 Å². The number of fused-ring (bicyclic) bond motifs is 2. The number of carbonyl (C=O) groups excluding carboxylic acids is 1. The first-order valence-electron chi connectivity index (χ1n) is 8.75. The molecular weight excluding hydrogens is 280 g/mol. The van der Waals surface area contributed by atoms with Gasteiger partial charge in [-0.2, -0.15) is 0 Å². The normalized spacial score (nSPS) is 32.0. The Morgan fingerprint density at radius 2 is 2.18 bits per heavy atom. The maximum Gasteiger partial charge on any atom is 0.315 e. The summed E-state index contributed by atoms with van der Waals surface area (Å²) in [5.41, 5.74) is 0.188. The van der Waals surface area contributed by atoms with Gasteiger partial charge in [0.15, 0.2) is 0 Å². The zero-order chi connectivity index (χ0) is 15.8. The number of nitrogens with one attached hydrogen (secondary N) is 2. The molecule has 126 valence electrons. The third kappa shape index (κ3) is 2.73. The predicted octanol–water partition coefficient (Wildman–Crippen LogP) is 2.04. The molecule has 1 heterocycles. The number of urea groups is 1. The fourth-order valence-electron chi connectivity index (χ4n) is 4.50. The van der Waals surface area contributed by atoms with Crippen LogP contribution in [0.3, 0.4) is 0 Å². The molecule has 0 aromatic rings. The van der Waals surface area contributed by atoms with Gasteiger partial charge in [-0.05, 0) is 37.5 Å². The van der Waals surface area contributed by atoms with E-state index in [4.69, 9.17) is 4.74 Å². The van der Waals surface area contributed by atoms with Gasteiger partial charge in [-0.15, -0.1) is 0 Å². The highest BCUT2D eigenvalue weighted by Crippen LogP contribution is 2.62. The number of amides is 2. The van der Waals surface area contributed by atoms with Crippen LogP contribution in [0, 0.1) is 16.7 Å². The molecule has 3 fully saturated rings. The Kier molecular flexibility index (Phi) is 4.38. The van der Waals surface area contributed by atoms with Gasteiger partial charge in [0.2, 0.25) is 0 Å². The topological polar surface area (TPSA) is 70.6 Å². The molecule has 1 aliphatic heterocycles. The second kappa shape index (κ2) is 6.00. The molecule has 3 aliphatic rings. The summed E-state index contributed by atoms with van der Waals surface area (Å²) in [5.74, 6) is 0.527. The standard InChI is InChI=1S/C17H30N2O3/c1-16(2,11-20)6-4-9-18-15(21)19-13-12-5-10-22-14(12)17(13)7-3-8-17/h12-14,20H,3-11H2,1-2H3,(H2,18,19,21). The number of aliphatic hydroxyl groups is 1. The predicted molar refractivity (Wildman–Crippen MR) is 84.6 cm³/mol. The second-order valence-electron chi connectivity index (χ2n) is 8.13. The molecule has 2 aliphatic carbocycles. The molecule has 2 saturated carbocycles. The van der Waals surface area contributed by atoms with Gasteiger partial charge < -0.3 is 20.5 Å². The lowest BCUT2D eigenvalue weighted by Gasteiger charge is -2.63. The van der Waals surface area contributed by atoms with Gasteiger partial charge in [-0.25, -0.2) is 4.79 Å². The van der Waals surface area contributed by atoms with Crippen molar-refractivity contribution in [1.29, 1.82) is 0 Å². The first-order chi connectivity index (χ1) is 10.5. The van der Waals surface area contributed by atoms with Crippen LogP contribution in [-0.4, -0.2) is 43.0 Å². The summed E-state index contributed by atoms with van der Waals surface area (Å²) >= 11 is 0. The van der Waals surface area contributed by atoms with Crippen molar-refractivity contribution in [3.05, 3.63) is 0 Å². The smallest absolute Gasteiger partial charge is 0.315 e. The molecule has 5 heteroatoms. The van der Waals surface area contributed by atoms with Gasteiger partial charge in [-0.3, -0.25) is 0 Å². The lowest BCUT2D eigenvalue weighted by atomic mass is 9.46. The van der Waals surface area contributed by atoms with Gasteiger partial charge in [0.1, 0.15) is 0 Å².